The molecule has 0 heterocycles. The Morgan fingerprint density at radius 2 is 1.61 bits per heavy atom. The molecule has 0 unspecified atom stereocenters. The van der Waals surface area contributed by atoms with Gasteiger partial charge in [0.05, 0.1) is 14.2 Å². The van der Waals surface area contributed by atoms with Crippen LogP contribution in [0.15, 0.2) is 48.5 Å². The monoisotopic (exact) mass is 382 g/mol. The molecular formula is C22H26N2O4. The smallest absolute Gasteiger partial charge is 0.248 e. The normalized spacial score (nSPS) is 10.8. The summed E-state index contributed by atoms with van der Waals surface area (Å²) in [6, 6.07) is 12.4. The Hall–Kier alpha value is -3.28. The van der Waals surface area contributed by atoms with Crippen molar-refractivity contribution in [1.29, 1.82) is 0 Å². The molecule has 6 heteroatoms. The molecule has 0 fully saturated rings. The fourth-order valence-corrected chi connectivity index (χ4v) is 2.53. The van der Waals surface area contributed by atoms with Gasteiger partial charge < -0.3 is 20.1 Å². The zero-order chi connectivity index (χ0) is 20.5. The second kappa shape index (κ2) is 10.2. The topological polar surface area (TPSA) is 76.7 Å². The van der Waals surface area contributed by atoms with Crippen molar-refractivity contribution in [3.63, 3.8) is 0 Å². The molecule has 0 radical (unpaired) electrons. The maximum Gasteiger partial charge on any atom is 0.248 e. The molecule has 0 aliphatic carbocycles. The highest BCUT2D eigenvalue weighted by Gasteiger charge is 2.06. The van der Waals surface area contributed by atoms with Gasteiger partial charge in [-0.05, 0) is 48.4 Å². The largest absolute Gasteiger partial charge is 0.497 e. The summed E-state index contributed by atoms with van der Waals surface area (Å²) in [6.45, 7) is 3.99. The number of amides is 2. The zero-order valence-electron chi connectivity index (χ0n) is 16.6. The molecule has 28 heavy (non-hydrogen) atoms. The lowest BCUT2D eigenvalue weighted by atomic mass is 10.1. The van der Waals surface area contributed by atoms with E-state index < -0.39 is 0 Å². The van der Waals surface area contributed by atoms with E-state index in [1.807, 2.05) is 19.9 Å². The van der Waals surface area contributed by atoms with E-state index >= 15 is 0 Å². The molecule has 0 bridgehead atoms. The Morgan fingerprint density at radius 1 is 0.964 bits per heavy atom. The predicted molar refractivity (Wildman–Crippen MR) is 112 cm³/mol. The van der Waals surface area contributed by atoms with Gasteiger partial charge >= 0.3 is 0 Å². The first-order chi connectivity index (χ1) is 13.4. The van der Waals surface area contributed by atoms with Crippen LogP contribution in [0.2, 0.25) is 0 Å². The van der Waals surface area contributed by atoms with Gasteiger partial charge in [0.1, 0.15) is 11.5 Å². The summed E-state index contributed by atoms with van der Waals surface area (Å²) in [4.78, 5) is 23.9. The van der Waals surface area contributed by atoms with Gasteiger partial charge in [-0.25, -0.2) is 0 Å². The Kier molecular flexibility index (Phi) is 7.63. The van der Waals surface area contributed by atoms with Crippen LogP contribution in [0.3, 0.4) is 0 Å². The molecule has 0 aliphatic rings. The van der Waals surface area contributed by atoms with Crippen LogP contribution in [-0.4, -0.2) is 26.0 Å². The van der Waals surface area contributed by atoms with Crippen LogP contribution in [0.25, 0.3) is 6.08 Å². The van der Waals surface area contributed by atoms with E-state index in [9.17, 15) is 9.59 Å². The van der Waals surface area contributed by atoms with Gasteiger partial charge in [-0.1, -0.05) is 13.8 Å². The first-order valence-electron chi connectivity index (χ1n) is 9.02. The molecule has 148 valence electrons. The van der Waals surface area contributed by atoms with Gasteiger partial charge in [0.25, 0.3) is 0 Å². The van der Waals surface area contributed by atoms with Crippen molar-refractivity contribution >= 4 is 29.3 Å². The molecule has 0 aliphatic heterocycles. The van der Waals surface area contributed by atoms with Crippen LogP contribution in [0, 0.1) is 5.92 Å². The molecule has 6 nitrogen and oxygen atoms in total. The van der Waals surface area contributed by atoms with E-state index in [4.69, 9.17) is 9.47 Å². The number of anilines is 2. The van der Waals surface area contributed by atoms with Crippen LogP contribution in [-0.2, 0) is 9.59 Å². The lowest BCUT2D eigenvalue weighted by molar-refractivity contribution is -0.117. The summed E-state index contributed by atoms with van der Waals surface area (Å²) in [5.41, 5.74) is 2.10. The van der Waals surface area contributed by atoms with Crippen molar-refractivity contribution in [2.75, 3.05) is 24.9 Å². The van der Waals surface area contributed by atoms with E-state index in [0.29, 0.717) is 35.2 Å². The highest BCUT2D eigenvalue weighted by atomic mass is 16.5. The Bertz CT molecular complexity index is 842. The number of methoxy groups -OCH3 is 2. The number of hydrogen-bond donors (Lipinski definition) is 2. The lowest BCUT2D eigenvalue weighted by Gasteiger charge is -2.09. The molecule has 0 aromatic heterocycles. The van der Waals surface area contributed by atoms with E-state index in [-0.39, 0.29) is 11.8 Å². The number of nitrogens with one attached hydrogen (secondary N) is 2. The van der Waals surface area contributed by atoms with Crippen molar-refractivity contribution in [3.05, 3.63) is 54.1 Å². The van der Waals surface area contributed by atoms with E-state index in [1.165, 1.54) is 6.08 Å². The summed E-state index contributed by atoms with van der Waals surface area (Å²) >= 11 is 0. The average Bonchev–Trinajstić information content (AvgIpc) is 2.67. The molecule has 2 aromatic rings. The third-order valence-electron chi connectivity index (χ3n) is 3.88. The summed E-state index contributed by atoms with van der Waals surface area (Å²) in [5.74, 6) is 1.30. The van der Waals surface area contributed by atoms with Crippen LogP contribution in [0.4, 0.5) is 11.4 Å². The van der Waals surface area contributed by atoms with Crippen LogP contribution in [0.5, 0.6) is 11.5 Å². The maximum atomic E-state index is 12.2. The molecule has 2 aromatic carbocycles. The molecule has 2 N–H and O–H groups in total. The van der Waals surface area contributed by atoms with Crippen molar-refractivity contribution in [2.45, 2.75) is 20.3 Å². The SMILES string of the molecule is COc1ccc(/C=C/C(=O)Nc2ccc(NC(=O)CC(C)C)cc2)c(OC)c1. The molecule has 2 amide bonds. The fourth-order valence-electron chi connectivity index (χ4n) is 2.53. The molecule has 0 spiro atoms. The molecule has 0 saturated heterocycles. The van der Waals surface area contributed by atoms with E-state index in [2.05, 4.69) is 10.6 Å². The Labute approximate surface area is 165 Å². The van der Waals surface area contributed by atoms with Gasteiger partial charge in [0.2, 0.25) is 11.8 Å². The van der Waals surface area contributed by atoms with Crippen molar-refractivity contribution in [1.82, 2.24) is 0 Å². The minimum atomic E-state index is -0.269. The first kappa shape index (κ1) is 21.0. The molecular weight excluding hydrogens is 356 g/mol. The highest BCUT2D eigenvalue weighted by molar-refractivity contribution is 6.02. The zero-order valence-corrected chi connectivity index (χ0v) is 16.6. The third-order valence-corrected chi connectivity index (χ3v) is 3.88. The van der Waals surface area contributed by atoms with Crippen LogP contribution >= 0.6 is 0 Å². The van der Waals surface area contributed by atoms with Gasteiger partial charge in [-0.2, -0.15) is 0 Å². The summed E-state index contributed by atoms with van der Waals surface area (Å²) in [6.07, 6.45) is 3.58. The van der Waals surface area contributed by atoms with Gasteiger partial charge in [0.15, 0.2) is 0 Å². The molecule has 0 atom stereocenters. The Morgan fingerprint density at radius 3 is 2.18 bits per heavy atom. The number of rotatable bonds is 8. The Balaban J connectivity index is 1.96. The van der Waals surface area contributed by atoms with Gasteiger partial charge in [0, 0.05) is 35.5 Å². The summed E-state index contributed by atoms with van der Waals surface area (Å²) in [5, 5.41) is 5.61. The quantitative estimate of drug-likeness (QED) is 0.666. The minimum Gasteiger partial charge on any atom is -0.497 e. The number of benzene rings is 2. The second-order valence-corrected chi connectivity index (χ2v) is 6.65. The number of hydrogen-bond acceptors (Lipinski definition) is 4. The van der Waals surface area contributed by atoms with Crippen molar-refractivity contribution in [2.24, 2.45) is 5.92 Å². The van der Waals surface area contributed by atoms with E-state index in [1.54, 1.807) is 56.7 Å². The molecule has 0 saturated carbocycles. The lowest BCUT2D eigenvalue weighted by Crippen LogP contribution is -2.14. The highest BCUT2D eigenvalue weighted by Crippen LogP contribution is 2.25. The fraction of sp³-hybridized carbons (Fsp3) is 0.273. The van der Waals surface area contributed by atoms with Crippen LogP contribution in [0.1, 0.15) is 25.8 Å². The van der Waals surface area contributed by atoms with Crippen molar-refractivity contribution in [3.8, 4) is 11.5 Å². The van der Waals surface area contributed by atoms with E-state index in [0.717, 1.165) is 5.56 Å². The van der Waals surface area contributed by atoms with Crippen LogP contribution < -0.4 is 20.1 Å². The maximum absolute atomic E-state index is 12.2. The predicted octanol–water partition coefficient (Wildman–Crippen LogP) is 4.34. The second-order valence-electron chi connectivity index (χ2n) is 6.65. The van der Waals surface area contributed by atoms with Crippen molar-refractivity contribution < 1.29 is 19.1 Å². The standard InChI is InChI=1S/C22H26N2O4/c1-15(2)13-22(26)24-18-9-7-17(8-10-18)23-21(25)12-6-16-5-11-19(27-3)14-20(16)28-4/h5-12,14-15H,13H2,1-4H3,(H,23,25)(H,24,26)/b12-6+. The minimum absolute atomic E-state index is 0.0249. The third kappa shape index (κ3) is 6.46. The average molecular weight is 382 g/mol. The van der Waals surface area contributed by atoms with Gasteiger partial charge in [-0.15, -0.1) is 0 Å². The number of ether oxygens (including phenoxy) is 2. The summed E-state index contributed by atoms with van der Waals surface area (Å²) < 4.78 is 10.5. The molecule has 2 rings (SSSR count). The first-order valence-corrected chi connectivity index (χ1v) is 9.02. The summed E-state index contributed by atoms with van der Waals surface area (Å²) in [7, 11) is 3.15. The number of carbonyl (C=O) groups is 2. The number of carbonyl (C=O) groups excluding carboxylic acids is 2. The van der Waals surface area contributed by atoms with Gasteiger partial charge in [-0.3, -0.25) is 9.59 Å².